The Morgan fingerprint density at radius 3 is 2.59 bits per heavy atom. The van der Waals surface area contributed by atoms with Crippen molar-refractivity contribution >= 4 is 27.0 Å². The molecule has 8 heteroatoms. The zero-order valence-electron chi connectivity index (χ0n) is 15.2. The van der Waals surface area contributed by atoms with E-state index in [0.29, 0.717) is 23.6 Å². The van der Waals surface area contributed by atoms with E-state index in [-0.39, 0.29) is 10.6 Å². The van der Waals surface area contributed by atoms with Gasteiger partial charge in [-0.25, -0.2) is 13.4 Å². The van der Waals surface area contributed by atoms with E-state index in [1.165, 1.54) is 18.4 Å². The topological polar surface area (TPSA) is 77.5 Å². The van der Waals surface area contributed by atoms with Crippen molar-refractivity contribution in [1.29, 1.82) is 0 Å². The molecule has 0 radical (unpaired) electrons. The summed E-state index contributed by atoms with van der Waals surface area (Å²) in [5, 5.41) is 2.81. The molecular weight excluding hydrogens is 384 g/mol. The van der Waals surface area contributed by atoms with Crippen LogP contribution in [0.5, 0.6) is 11.5 Å². The number of rotatable bonds is 7. The Labute approximate surface area is 162 Å². The molecule has 0 aliphatic rings. The molecule has 0 spiro atoms. The van der Waals surface area contributed by atoms with Gasteiger partial charge in [-0.15, -0.1) is 11.3 Å². The molecule has 1 aromatic heterocycles. The first-order chi connectivity index (χ1) is 12.9. The molecule has 27 heavy (non-hydrogen) atoms. The average Bonchev–Trinajstić information content (AvgIpc) is 3.09. The number of sulfonamides is 1. The summed E-state index contributed by atoms with van der Waals surface area (Å²) in [6.07, 6.45) is 0. The van der Waals surface area contributed by atoms with Crippen LogP contribution in [0.4, 0.5) is 5.69 Å². The van der Waals surface area contributed by atoms with Crippen molar-refractivity contribution in [1.82, 2.24) is 4.98 Å². The molecule has 0 fully saturated rings. The summed E-state index contributed by atoms with van der Waals surface area (Å²) in [5.74, 6) is 0.723. The van der Waals surface area contributed by atoms with Crippen molar-refractivity contribution in [2.24, 2.45) is 0 Å². The molecule has 2 aromatic carbocycles. The fourth-order valence-electron chi connectivity index (χ4n) is 2.57. The fourth-order valence-corrected chi connectivity index (χ4v) is 4.46. The second-order valence-electron chi connectivity index (χ2n) is 5.65. The van der Waals surface area contributed by atoms with Crippen LogP contribution in [0.15, 0.2) is 52.7 Å². The van der Waals surface area contributed by atoms with Crippen LogP contribution in [0.2, 0.25) is 0 Å². The molecule has 0 atom stereocenters. The fraction of sp³-hybridized carbons (Fsp3) is 0.211. The first-order valence-corrected chi connectivity index (χ1v) is 10.7. The van der Waals surface area contributed by atoms with E-state index >= 15 is 0 Å². The summed E-state index contributed by atoms with van der Waals surface area (Å²) in [4.78, 5) is 4.47. The average molecular weight is 405 g/mol. The van der Waals surface area contributed by atoms with E-state index < -0.39 is 10.0 Å². The Balaban J connectivity index is 2.03. The lowest BCUT2D eigenvalue weighted by molar-refractivity contribution is 0.342. The molecule has 0 amide bonds. The Morgan fingerprint density at radius 2 is 1.93 bits per heavy atom. The van der Waals surface area contributed by atoms with Crippen molar-refractivity contribution in [3.63, 3.8) is 0 Å². The first kappa shape index (κ1) is 19.2. The lowest BCUT2D eigenvalue weighted by Crippen LogP contribution is -2.15. The van der Waals surface area contributed by atoms with Gasteiger partial charge >= 0.3 is 0 Å². The van der Waals surface area contributed by atoms with Gasteiger partial charge < -0.3 is 9.47 Å². The molecule has 6 nitrogen and oxygen atoms in total. The van der Waals surface area contributed by atoms with E-state index in [0.717, 1.165) is 10.7 Å². The maximum absolute atomic E-state index is 13.1. The number of benzene rings is 2. The molecule has 0 aliphatic carbocycles. The summed E-state index contributed by atoms with van der Waals surface area (Å²) < 4.78 is 39.5. The highest BCUT2D eigenvalue weighted by Gasteiger charge is 2.22. The third kappa shape index (κ3) is 4.23. The molecular formula is C19H20N2O4S2. The van der Waals surface area contributed by atoms with E-state index in [1.54, 1.807) is 42.5 Å². The molecule has 0 aliphatic heterocycles. The van der Waals surface area contributed by atoms with Gasteiger partial charge in [0.15, 0.2) is 0 Å². The normalized spacial score (nSPS) is 11.2. The third-order valence-corrected chi connectivity index (χ3v) is 5.96. The van der Waals surface area contributed by atoms with Crippen molar-refractivity contribution < 1.29 is 17.9 Å². The van der Waals surface area contributed by atoms with Crippen LogP contribution in [0.3, 0.4) is 0 Å². The number of aromatic nitrogens is 1. The Bertz CT molecular complexity index is 1050. The van der Waals surface area contributed by atoms with Gasteiger partial charge in [0.2, 0.25) is 0 Å². The Kier molecular flexibility index (Phi) is 5.67. The van der Waals surface area contributed by atoms with E-state index in [9.17, 15) is 8.42 Å². The van der Waals surface area contributed by atoms with Gasteiger partial charge in [0.25, 0.3) is 10.0 Å². The standard InChI is InChI=1S/C19H20N2O4S2/c1-4-25-17-8-6-5-7-15(17)21-27(22,23)19-11-14(9-10-18(19)24-3)16-12-26-13(2)20-16/h5-12,21H,4H2,1-3H3. The number of aryl methyl sites for hydroxylation is 1. The third-order valence-electron chi connectivity index (χ3n) is 3.80. The van der Waals surface area contributed by atoms with Gasteiger partial charge in [0.1, 0.15) is 16.4 Å². The number of ether oxygens (including phenoxy) is 2. The molecule has 0 unspecified atom stereocenters. The summed E-state index contributed by atoms with van der Waals surface area (Å²) in [6.45, 7) is 4.18. The Morgan fingerprint density at radius 1 is 1.15 bits per heavy atom. The van der Waals surface area contributed by atoms with Crippen molar-refractivity contribution in [2.45, 2.75) is 18.7 Å². The molecule has 0 saturated carbocycles. The Hall–Kier alpha value is -2.58. The van der Waals surface area contributed by atoms with Crippen LogP contribution in [0.25, 0.3) is 11.3 Å². The van der Waals surface area contributed by atoms with E-state index in [2.05, 4.69) is 9.71 Å². The lowest BCUT2D eigenvalue weighted by Gasteiger charge is -2.15. The smallest absolute Gasteiger partial charge is 0.265 e. The molecule has 0 bridgehead atoms. The number of para-hydroxylation sites is 2. The zero-order valence-corrected chi connectivity index (χ0v) is 16.9. The second kappa shape index (κ2) is 7.98. The summed E-state index contributed by atoms with van der Waals surface area (Å²) in [6, 6.07) is 11.9. The maximum Gasteiger partial charge on any atom is 0.265 e. The summed E-state index contributed by atoms with van der Waals surface area (Å²) >= 11 is 1.51. The predicted octanol–water partition coefficient (Wildman–Crippen LogP) is 4.33. The van der Waals surface area contributed by atoms with Crippen LogP contribution < -0.4 is 14.2 Å². The monoisotopic (exact) mass is 404 g/mol. The number of thiazole rings is 1. The molecule has 0 saturated heterocycles. The van der Waals surface area contributed by atoms with Crippen molar-refractivity contribution in [2.75, 3.05) is 18.4 Å². The number of hydrogen-bond donors (Lipinski definition) is 1. The van der Waals surface area contributed by atoms with Gasteiger partial charge in [-0.05, 0) is 44.2 Å². The SMILES string of the molecule is CCOc1ccccc1NS(=O)(=O)c1cc(-c2csc(C)n2)ccc1OC. The number of nitrogens with one attached hydrogen (secondary N) is 1. The first-order valence-electron chi connectivity index (χ1n) is 8.29. The number of methoxy groups -OCH3 is 1. The molecule has 1 heterocycles. The van der Waals surface area contributed by atoms with Crippen LogP contribution in [0, 0.1) is 6.92 Å². The van der Waals surface area contributed by atoms with Crippen LogP contribution >= 0.6 is 11.3 Å². The van der Waals surface area contributed by atoms with Crippen molar-refractivity contribution in [3.05, 3.63) is 52.9 Å². The van der Waals surface area contributed by atoms with Crippen LogP contribution in [-0.4, -0.2) is 27.1 Å². The molecule has 1 N–H and O–H groups in total. The van der Waals surface area contributed by atoms with E-state index in [4.69, 9.17) is 9.47 Å². The van der Waals surface area contributed by atoms with Crippen LogP contribution in [0.1, 0.15) is 11.9 Å². The van der Waals surface area contributed by atoms with Gasteiger partial charge in [-0.2, -0.15) is 0 Å². The van der Waals surface area contributed by atoms with Crippen molar-refractivity contribution in [3.8, 4) is 22.8 Å². The quantitative estimate of drug-likeness (QED) is 0.634. The highest BCUT2D eigenvalue weighted by Crippen LogP contribution is 2.33. The highest BCUT2D eigenvalue weighted by molar-refractivity contribution is 7.92. The second-order valence-corrected chi connectivity index (χ2v) is 8.37. The molecule has 142 valence electrons. The van der Waals surface area contributed by atoms with Gasteiger partial charge in [-0.3, -0.25) is 4.72 Å². The van der Waals surface area contributed by atoms with Gasteiger partial charge in [0, 0.05) is 10.9 Å². The largest absolute Gasteiger partial charge is 0.495 e. The minimum atomic E-state index is -3.90. The van der Waals surface area contributed by atoms with Crippen LogP contribution in [-0.2, 0) is 10.0 Å². The predicted molar refractivity (Wildman–Crippen MR) is 107 cm³/mol. The summed E-state index contributed by atoms with van der Waals surface area (Å²) in [7, 11) is -2.46. The lowest BCUT2D eigenvalue weighted by atomic mass is 10.2. The number of nitrogens with zero attached hydrogens (tertiary/aromatic N) is 1. The molecule has 3 rings (SSSR count). The molecule has 3 aromatic rings. The van der Waals surface area contributed by atoms with E-state index in [1.807, 2.05) is 19.2 Å². The minimum absolute atomic E-state index is 0.0412. The van der Waals surface area contributed by atoms with Gasteiger partial charge in [-0.1, -0.05) is 12.1 Å². The minimum Gasteiger partial charge on any atom is -0.495 e. The summed E-state index contributed by atoms with van der Waals surface area (Å²) in [5.41, 5.74) is 1.81. The highest BCUT2D eigenvalue weighted by atomic mass is 32.2. The zero-order chi connectivity index (χ0) is 19.4. The number of anilines is 1. The maximum atomic E-state index is 13.1. The number of hydrogen-bond acceptors (Lipinski definition) is 6. The van der Waals surface area contributed by atoms with Gasteiger partial charge in [0.05, 0.1) is 30.1 Å².